The molecule has 0 aromatic heterocycles. The number of nitrogens with one attached hydrogen (secondary N) is 1. The van der Waals surface area contributed by atoms with Crippen LogP contribution in [0.5, 0.6) is 11.5 Å². The van der Waals surface area contributed by atoms with Gasteiger partial charge in [-0.15, -0.1) is 12.4 Å². The van der Waals surface area contributed by atoms with E-state index in [1.54, 1.807) is 7.11 Å². The van der Waals surface area contributed by atoms with Crippen LogP contribution in [0.25, 0.3) is 0 Å². The third-order valence-corrected chi connectivity index (χ3v) is 4.55. The third-order valence-electron chi connectivity index (χ3n) is 4.27. The zero-order valence-corrected chi connectivity index (χ0v) is 15.8. The second kappa shape index (κ2) is 11.0. The first-order chi connectivity index (χ1) is 10.7. The van der Waals surface area contributed by atoms with Crippen LogP contribution in [0.3, 0.4) is 0 Å². The van der Waals surface area contributed by atoms with Crippen molar-refractivity contribution < 1.29 is 9.47 Å². The molecule has 0 bridgehead atoms. The molecule has 1 N–H and O–H groups in total. The molecule has 132 valence electrons. The highest BCUT2D eigenvalue weighted by atomic mass is 35.5. The van der Waals surface area contributed by atoms with Gasteiger partial charge in [0.2, 0.25) is 0 Å². The highest BCUT2D eigenvalue weighted by Crippen LogP contribution is 2.36. The van der Waals surface area contributed by atoms with Crippen molar-refractivity contribution in [2.24, 2.45) is 0 Å². The Balaban J connectivity index is 0.00000264. The fourth-order valence-electron chi connectivity index (χ4n) is 3.11. The van der Waals surface area contributed by atoms with Gasteiger partial charge in [-0.05, 0) is 37.5 Å². The zero-order chi connectivity index (χ0) is 15.8. The molecule has 1 aromatic rings. The summed E-state index contributed by atoms with van der Waals surface area (Å²) in [7, 11) is 1.62. The Bertz CT molecular complexity index is 461. The molecule has 5 heteroatoms. The van der Waals surface area contributed by atoms with E-state index in [4.69, 9.17) is 21.1 Å². The topological polar surface area (TPSA) is 30.5 Å². The predicted octanol–water partition coefficient (Wildman–Crippen LogP) is 5.37. The molecule has 0 heterocycles. The Hall–Kier alpha value is -0.640. The summed E-state index contributed by atoms with van der Waals surface area (Å²) < 4.78 is 11.0. The van der Waals surface area contributed by atoms with Gasteiger partial charge >= 0.3 is 0 Å². The summed E-state index contributed by atoms with van der Waals surface area (Å²) in [5, 5.41) is 4.30. The van der Waals surface area contributed by atoms with Gasteiger partial charge < -0.3 is 14.8 Å². The molecule has 0 unspecified atom stereocenters. The molecule has 0 spiro atoms. The summed E-state index contributed by atoms with van der Waals surface area (Å²) in [4.78, 5) is 0. The molecule has 1 fully saturated rings. The van der Waals surface area contributed by atoms with E-state index >= 15 is 0 Å². The van der Waals surface area contributed by atoms with Gasteiger partial charge in [-0.2, -0.15) is 0 Å². The average molecular weight is 362 g/mol. The molecule has 0 amide bonds. The van der Waals surface area contributed by atoms with Crippen LogP contribution < -0.4 is 14.8 Å². The number of rotatable bonds is 6. The van der Waals surface area contributed by atoms with Crippen molar-refractivity contribution in [3.8, 4) is 11.5 Å². The van der Waals surface area contributed by atoms with Crippen molar-refractivity contribution in [2.75, 3.05) is 13.7 Å². The van der Waals surface area contributed by atoms with Gasteiger partial charge in [0.15, 0.2) is 11.5 Å². The van der Waals surface area contributed by atoms with E-state index in [9.17, 15) is 0 Å². The number of hydrogen-bond donors (Lipinski definition) is 1. The van der Waals surface area contributed by atoms with Crippen LogP contribution in [-0.2, 0) is 6.54 Å². The Kier molecular flexibility index (Phi) is 9.77. The first kappa shape index (κ1) is 20.4. The minimum absolute atomic E-state index is 0. The van der Waals surface area contributed by atoms with Crippen molar-refractivity contribution in [3.63, 3.8) is 0 Å². The maximum absolute atomic E-state index is 6.31. The molecule has 1 aromatic carbocycles. The lowest BCUT2D eigenvalue weighted by Gasteiger charge is -2.21. The zero-order valence-electron chi connectivity index (χ0n) is 14.2. The summed E-state index contributed by atoms with van der Waals surface area (Å²) in [6.45, 7) is 3.40. The van der Waals surface area contributed by atoms with Crippen LogP contribution in [-0.4, -0.2) is 19.8 Å². The van der Waals surface area contributed by atoms with E-state index < -0.39 is 0 Å². The molecule has 3 nitrogen and oxygen atoms in total. The summed E-state index contributed by atoms with van der Waals surface area (Å²) in [5.74, 6) is 1.35. The van der Waals surface area contributed by atoms with Crippen LogP contribution in [0.2, 0.25) is 5.02 Å². The molecule has 0 atom stereocenters. The van der Waals surface area contributed by atoms with Gasteiger partial charge in [-0.1, -0.05) is 43.7 Å². The number of benzene rings is 1. The van der Waals surface area contributed by atoms with Gasteiger partial charge in [0, 0.05) is 12.6 Å². The van der Waals surface area contributed by atoms with Crippen LogP contribution in [0.15, 0.2) is 12.1 Å². The van der Waals surface area contributed by atoms with Gasteiger partial charge in [-0.3, -0.25) is 0 Å². The first-order valence-corrected chi connectivity index (χ1v) is 8.85. The molecule has 0 aliphatic heterocycles. The number of halogens is 2. The molecular formula is C18H29Cl2NO2. The summed E-state index contributed by atoms with van der Waals surface area (Å²) >= 11 is 6.31. The van der Waals surface area contributed by atoms with Gasteiger partial charge in [0.05, 0.1) is 18.7 Å². The molecule has 1 saturated carbocycles. The molecule has 23 heavy (non-hydrogen) atoms. The van der Waals surface area contributed by atoms with Crippen molar-refractivity contribution in [2.45, 2.75) is 64.5 Å². The first-order valence-electron chi connectivity index (χ1n) is 8.47. The van der Waals surface area contributed by atoms with Gasteiger partial charge in [-0.25, -0.2) is 0 Å². The Labute approximate surface area is 151 Å². The lowest BCUT2D eigenvalue weighted by molar-refractivity contribution is 0.310. The highest BCUT2D eigenvalue weighted by molar-refractivity contribution is 6.32. The van der Waals surface area contributed by atoms with E-state index in [1.165, 1.54) is 44.9 Å². The maximum Gasteiger partial charge on any atom is 0.179 e. The summed E-state index contributed by atoms with van der Waals surface area (Å²) in [6, 6.07) is 4.62. The van der Waals surface area contributed by atoms with Crippen LogP contribution in [0, 0.1) is 0 Å². The summed E-state index contributed by atoms with van der Waals surface area (Å²) in [5.41, 5.74) is 1.15. The largest absolute Gasteiger partial charge is 0.491 e. The SMILES string of the molecule is CCOc1cc(CNC2CCCCCCC2)cc(Cl)c1OC.Cl. The van der Waals surface area contributed by atoms with Crippen molar-refractivity contribution in [1.29, 1.82) is 0 Å². The van der Waals surface area contributed by atoms with E-state index in [-0.39, 0.29) is 12.4 Å². The number of ether oxygens (including phenoxy) is 2. The van der Waals surface area contributed by atoms with Crippen molar-refractivity contribution in [3.05, 3.63) is 22.7 Å². The molecule has 2 rings (SSSR count). The van der Waals surface area contributed by atoms with E-state index in [2.05, 4.69) is 5.32 Å². The van der Waals surface area contributed by atoms with Crippen LogP contribution in [0.4, 0.5) is 0 Å². The van der Waals surface area contributed by atoms with E-state index in [0.717, 1.165) is 17.9 Å². The molecule has 0 saturated heterocycles. The van der Waals surface area contributed by atoms with Crippen molar-refractivity contribution >= 4 is 24.0 Å². The van der Waals surface area contributed by atoms with Gasteiger partial charge in [0.25, 0.3) is 0 Å². The minimum atomic E-state index is 0. The minimum Gasteiger partial charge on any atom is -0.491 e. The summed E-state index contributed by atoms with van der Waals surface area (Å²) in [6.07, 6.45) is 9.39. The number of methoxy groups -OCH3 is 1. The maximum atomic E-state index is 6.31. The fraction of sp³-hybridized carbons (Fsp3) is 0.667. The normalized spacial score (nSPS) is 16.1. The number of hydrogen-bond acceptors (Lipinski definition) is 3. The lowest BCUT2D eigenvalue weighted by atomic mass is 9.96. The molecular weight excluding hydrogens is 333 g/mol. The highest BCUT2D eigenvalue weighted by Gasteiger charge is 2.14. The predicted molar refractivity (Wildman–Crippen MR) is 99.4 cm³/mol. The Morgan fingerprint density at radius 2 is 1.78 bits per heavy atom. The van der Waals surface area contributed by atoms with Gasteiger partial charge in [0.1, 0.15) is 0 Å². The fourth-order valence-corrected chi connectivity index (χ4v) is 3.42. The molecule has 1 aliphatic carbocycles. The monoisotopic (exact) mass is 361 g/mol. The smallest absolute Gasteiger partial charge is 0.179 e. The lowest BCUT2D eigenvalue weighted by Crippen LogP contribution is -2.29. The van der Waals surface area contributed by atoms with Crippen LogP contribution in [0.1, 0.15) is 57.4 Å². The molecule has 1 aliphatic rings. The van der Waals surface area contributed by atoms with E-state index in [1.807, 2.05) is 19.1 Å². The Morgan fingerprint density at radius 3 is 2.39 bits per heavy atom. The Morgan fingerprint density at radius 1 is 1.13 bits per heavy atom. The average Bonchev–Trinajstić information content (AvgIpc) is 2.46. The third kappa shape index (κ3) is 6.40. The quantitative estimate of drug-likeness (QED) is 0.738. The van der Waals surface area contributed by atoms with Crippen molar-refractivity contribution in [1.82, 2.24) is 5.32 Å². The van der Waals surface area contributed by atoms with E-state index in [0.29, 0.717) is 23.4 Å². The molecule has 0 radical (unpaired) electrons. The second-order valence-corrected chi connectivity index (χ2v) is 6.37. The standard InChI is InChI=1S/C18H28ClNO2.ClH/c1-3-22-17-12-14(11-16(19)18(17)21-2)13-20-15-9-7-5-4-6-8-10-15;/h11-12,15,20H,3-10,13H2,1-2H3;1H. The second-order valence-electron chi connectivity index (χ2n) is 5.96. The van der Waals surface area contributed by atoms with Crippen LogP contribution >= 0.6 is 24.0 Å².